The lowest BCUT2D eigenvalue weighted by Gasteiger charge is -2.11. The van der Waals surface area contributed by atoms with Gasteiger partial charge in [0.25, 0.3) is 0 Å². The molecule has 0 aliphatic heterocycles. The summed E-state index contributed by atoms with van der Waals surface area (Å²) in [6.07, 6.45) is 1.78. The first-order valence-electron chi connectivity index (χ1n) is 6.07. The molecule has 0 saturated carbocycles. The lowest BCUT2D eigenvalue weighted by molar-refractivity contribution is -0.124. The van der Waals surface area contributed by atoms with E-state index in [1.54, 1.807) is 24.9 Å². The average Bonchev–Trinajstić information content (AvgIpc) is 2.84. The van der Waals surface area contributed by atoms with Crippen molar-refractivity contribution < 1.29 is 9.53 Å². The molecule has 2 N–H and O–H groups in total. The predicted octanol–water partition coefficient (Wildman–Crippen LogP) is -0.289. The minimum atomic E-state index is -0.371. The third-order valence-electron chi connectivity index (χ3n) is 2.50. The first-order valence-corrected chi connectivity index (χ1v) is 6.07. The maximum absolute atomic E-state index is 11.8. The number of rotatable bonds is 8. The number of ether oxygens (including phenoxy) is 1. The van der Waals surface area contributed by atoms with Crippen molar-refractivity contribution in [3.8, 4) is 0 Å². The summed E-state index contributed by atoms with van der Waals surface area (Å²) < 4.78 is 6.43. The number of hydrogen-bond acceptors (Lipinski definition) is 5. The van der Waals surface area contributed by atoms with Crippen molar-refractivity contribution in [2.24, 2.45) is 0 Å². The van der Waals surface area contributed by atoms with Crippen molar-refractivity contribution in [2.75, 3.05) is 26.8 Å². The van der Waals surface area contributed by atoms with E-state index in [1.165, 1.54) is 0 Å². The van der Waals surface area contributed by atoms with Crippen LogP contribution in [0.3, 0.4) is 0 Å². The van der Waals surface area contributed by atoms with Gasteiger partial charge in [0.1, 0.15) is 6.04 Å². The van der Waals surface area contributed by atoms with Gasteiger partial charge in [-0.1, -0.05) is 12.1 Å². The standard InChI is InChI=1S/C11H21N5O2/c1-4-12-7-10-8-16(15-14-10)9(2)11(17)13-5-6-18-3/h8-9,12H,4-7H2,1-3H3,(H,13,17). The molecule has 1 rings (SSSR count). The van der Waals surface area contributed by atoms with E-state index in [-0.39, 0.29) is 11.9 Å². The number of amides is 1. The van der Waals surface area contributed by atoms with Crippen LogP contribution < -0.4 is 10.6 Å². The highest BCUT2D eigenvalue weighted by Gasteiger charge is 2.15. The molecule has 1 aromatic heterocycles. The van der Waals surface area contributed by atoms with E-state index in [4.69, 9.17) is 4.74 Å². The Morgan fingerprint density at radius 3 is 3.06 bits per heavy atom. The molecule has 0 bridgehead atoms. The molecule has 1 atom stereocenters. The Hall–Kier alpha value is -1.47. The van der Waals surface area contributed by atoms with Crippen molar-refractivity contribution in [1.29, 1.82) is 0 Å². The van der Waals surface area contributed by atoms with Crippen LogP contribution in [0.25, 0.3) is 0 Å². The quantitative estimate of drug-likeness (QED) is 0.624. The van der Waals surface area contributed by atoms with Crippen molar-refractivity contribution in [2.45, 2.75) is 26.4 Å². The van der Waals surface area contributed by atoms with E-state index in [1.807, 2.05) is 6.92 Å². The van der Waals surface area contributed by atoms with Gasteiger partial charge in [-0.05, 0) is 13.5 Å². The lowest BCUT2D eigenvalue weighted by atomic mass is 10.3. The van der Waals surface area contributed by atoms with Gasteiger partial charge in [0.05, 0.1) is 18.5 Å². The number of carbonyl (C=O) groups excluding carboxylic acids is 1. The fourth-order valence-electron chi connectivity index (χ4n) is 1.38. The van der Waals surface area contributed by atoms with Gasteiger partial charge in [0.2, 0.25) is 5.91 Å². The number of hydrogen-bond donors (Lipinski definition) is 2. The molecule has 7 nitrogen and oxygen atoms in total. The highest BCUT2D eigenvalue weighted by atomic mass is 16.5. The summed E-state index contributed by atoms with van der Waals surface area (Å²) in [7, 11) is 1.60. The highest BCUT2D eigenvalue weighted by Crippen LogP contribution is 2.04. The van der Waals surface area contributed by atoms with Gasteiger partial charge in [-0.2, -0.15) is 0 Å². The van der Waals surface area contributed by atoms with Crippen molar-refractivity contribution in [3.05, 3.63) is 11.9 Å². The molecule has 1 aromatic rings. The molecule has 18 heavy (non-hydrogen) atoms. The smallest absolute Gasteiger partial charge is 0.244 e. The topological polar surface area (TPSA) is 81.1 Å². The van der Waals surface area contributed by atoms with Gasteiger partial charge in [0, 0.05) is 20.2 Å². The summed E-state index contributed by atoms with van der Waals surface area (Å²) in [5.41, 5.74) is 0.827. The van der Waals surface area contributed by atoms with Gasteiger partial charge in [-0.15, -0.1) is 5.10 Å². The van der Waals surface area contributed by atoms with E-state index in [2.05, 4.69) is 20.9 Å². The Balaban J connectivity index is 2.47. The monoisotopic (exact) mass is 255 g/mol. The Kier molecular flexibility index (Phi) is 6.31. The van der Waals surface area contributed by atoms with Crippen LogP contribution in [0.15, 0.2) is 6.20 Å². The Labute approximate surface area is 107 Å². The summed E-state index contributed by atoms with van der Waals surface area (Å²) in [5.74, 6) is -0.0908. The average molecular weight is 255 g/mol. The van der Waals surface area contributed by atoms with Crippen molar-refractivity contribution >= 4 is 5.91 Å². The van der Waals surface area contributed by atoms with Gasteiger partial charge >= 0.3 is 0 Å². The third kappa shape index (κ3) is 4.42. The van der Waals surface area contributed by atoms with Gasteiger partial charge in [-0.3, -0.25) is 4.79 Å². The first-order chi connectivity index (χ1) is 8.69. The van der Waals surface area contributed by atoms with Gasteiger partial charge in [-0.25, -0.2) is 4.68 Å². The van der Waals surface area contributed by atoms with Gasteiger partial charge in [0.15, 0.2) is 0 Å². The van der Waals surface area contributed by atoms with Crippen LogP contribution in [0.5, 0.6) is 0 Å². The Bertz CT molecular complexity index is 366. The van der Waals surface area contributed by atoms with Crippen LogP contribution in [-0.4, -0.2) is 47.7 Å². The molecular weight excluding hydrogens is 234 g/mol. The number of nitrogens with zero attached hydrogens (tertiary/aromatic N) is 3. The maximum Gasteiger partial charge on any atom is 0.244 e. The normalized spacial score (nSPS) is 12.4. The maximum atomic E-state index is 11.8. The van der Waals surface area contributed by atoms with E-state index >= 15 is 0 Å². The molecule has 0 spiro atoms. The number of carbonyl (C=O) groups is 1. The van der Waals surface area contributed by atoms with E-state index < -0.39 is 0 Å². The van der Waals surface area contributed by atoms with Crippen molar-refractivity contribution in [3.63, 3.8) is 0 Å². The summed E-state index contributed by atoms with van der Waals surface area (Å²) in [6.45, 7) is 6.35. The number of nitrogens with one attached hydrogen (secondary N) is 2. The van der Waals surface area contributed by atoms with E-state index in [0.29, 0.717) is 19.7 Å². The Morgan fingerprint density at radius 1 is 1.61 bits per heavy atom. The van der Waals surface area contributed by atoms with Crippen LogP contribution in [0.2, 0.25) is 0 Å². The summed E-state index contributed by atoms with van der Waals surface area (Å²) in [5, 5.41) is 13.9. The molecule has 102 valence electrons. The molecule has 1 heterocycles. The second-order valence-electron chi connectivity index (χ2n) is 3.93. The Morgan fingerprint density at radius 2 is 2.39 bits per heavy atom. The molecule has 0 fully saturated rings. The third-order valence-corrected chi connectivity index (χ3v) is 2.50. The van der Waals surface area contributed by atoms with E-state index in [9.17, 15) is 4.79 Å². The van der Waals surface area contributed by atoms with Crippen molar-refractivity contribution in [1.82, 2.24) is 25.6 Å². The van der Waals surface area contributed by atoms with Crippen LogP contribution in [-0.2, 0) is 16.1 Å². The fourth-order valence-corrected chi connectivity index (χ4v) is 1.38. The van der Waals surface area contributed by atoms with Gasteiger partial charge < -0.3 is 15.4 Å². The molecule has 1 unspecified atom stereocenters. The molecule has 0 saturated heterocycles. The molecule has 0 aromatic carbocycles. The zero-order valence-corrected chi connectivity index (χ0v) is 11.1. The van der Waals surface area contributed by atoms with E-state index in [0.717, 1.165) is 12.2 Å². The first kappa shape index (κ1) is 14.6. The van der Waals surface area contributed by atoms with Crippen LogP contribution in [0.4, 0.5) is 0 Å². The molecular formula is C11H21N5O2. The second kappa shape index (κ2) is 7.78. The SMILES string of the molecule is CCNCc1cn(C(C)C(=O)NCCOC)nn1. The molecule has 7 heteroatoms. The fraction of sp³-hybridized carbons (Fsp3) is 0.727. The zero-order chi connectivity index (χ0) is 13.4. The molecule has 0 radical (unpaired) electrons. The molecule has 0 aliphatic carbocycles. The zero-order valence-electron chi connectivity index (χ0n) is 11.1. The summed E-state index contributed by atoms with van der Waals surface area (Å²) in [4.78, 5) is 11.8. The number of methoxy groups -OCH3 is 1. The number of aromatic nitrogens is 3. The summed E-state index contributed by atoms with van der Waals surface area (Å²) in [6, 6.07) is -0.371. The predicted molar refractivity (Wildman–Crippen MR) is 67.0 cm³/mol. The lowest BCUT2D eigenvalue weighted by Crippen LogP contribution is -2.33. The van der Waals surface area contributed by atoms with Crippen LogP contribution in [0, 0.1) is 0 Å². The van der Waals surface area contributed by atoms with Crippen LogP contribution in [0.1, 0.15) is 25.6 Å². The van der Waals surface area contributed by atoms with Crippen LogP contribution >= 0.6 is 0 Å². The molecule has 0 aliphatic rings. The minimum Gasteiger partial charge on any atom is -0.383 e. The summed E-state index contributed by atoms with van der Waals surface area (Å²) >= 11 is 0. The minimum absolute atomic E-state index is 0.0908. The highest BCUT2D eigenvalue weighted by molar-refractivity contribution is 5.79. The molecule has 1 amide bonds. The second-order valence-corrected chi connectivity index (χ2v) is 3.93. The largest absolute Gasteiger partial charge is 0.383 e.